The second-order valence-corrected chi connectivity index (χ2v) is 8.71. The first-order valence-corrected chi connectivity index (χ1v) is 11.9. The van der Waals surface area contributed by atoms with Crippen LogP contribution in [0.1, 0.15) is 59.3 Å². The molecule has 11 heteroatoms. The molecule has 0 aromatic carbocycles. The Labute approximate surface area is 163 Å². The van der Waals surface area contributed by atoms with Gasteiger partial charge in [0.05, 0.1) is 26.7 Å². The first-order valence-electron chi connectivity index (χ1n) is 8.57. The lowest BCUT2D eigenvalue weighted by molar-refractivity contribution is -0.910. The Kier molecular flexibility index (Phi) is 17.8. The lowest BCUT2D eigenvalue weighted by atomic mass is 10.2. The molecule has 154 valence electrons. The van der Waals surface area contributed by atoms with Crippen LogP contribution in [0.4, 0.5) is 0 Å². The molecule has 0 amide bonds. The maximum Gasteiger partial charge on any atom is 0.345 e. The van der Waals surface area contributed by atoms with Crippen molar-refractivity contribution in [1.82, 2.24) is 0 Å². The van der Waals surface area contributed by atoms with Gasteiger partial charge < -0.3 is 14.3 Å². The van der Waals surface area contributed by atoms with E-state index in [1.54, 1.807) is 0 Å². The summed E-state index contributed by atoms with van der Waals surface area (Å²) in [4.78, 5) is 16.2. The number of hydrogen-bond donors (Lipinski definition) is 2. The molecular formula is C14H34Cl2NO6P2+. The van der Waals surface area contributed by atoms with Crippen LogP contribution in [-0.2, 0) is 18.2 Å². The Morgan fingerprint density at radius 3 is 1.32 bits per heavy atom. The van der Waals surface area contributed by atoms with Crippen LogP contribution in [0.15, 0.2) is 0 Å². The van der Waals surface area contributed by atoms with E-state index in [2.05, 4.69) is 36.9 Å². The number of hydrogen-bond acceptors (Lipinski definition) is 4. The van der Waals surface area contributed by atoms with Gasteiger partial charge in [0.25, 0.3) is 0 Å². The van der Waals surface area contributed by atoms with Gasteiger partial charge in [0.2, 0.25) is 0 Å². The van der Waals surface area contributed by atoms with Crippen LogP contribution in [0.25, 0.3) is 0 Å². The van der Waals surface area contributed by atoms with E-state index in [1.165, 1.54) is 62.6 Å². The summed E-state index contributed by atoms with van der Waals surface area (Å²) in [7, 11) is -4.37. The van der Waals surface area contributed by atoms with E-state index < -0.39 is 21.2 Å². The topological polar surface area (TPSA) is 93.1 Å². The molecule has 0 heterocycles. The van der Waals surface area contributed by atoms with Crippen LogP contribution in [0.3, 0.4) is 0 Å². The molecule has 0 saturated carbocycles. The van der Waals surface area contributed by atoms with Crippen molar-refractivity contribution >= 4 is 39.7 Å². The van der Waals surface area contributed by atoms with Gasteiger partial charge in [0.1, 0.15) is 0 Å². The van der Waals surface area contributed by atoms with E-state index in [0.29, 0.717) is 0 Å². The average Bonchev–Trinajstić information content (AvgIpc) is 2.47. The highest BCUT2D eigenvalue weighted by atomic mass is 35.5. The van der Waals surface area contributed by atoms with Gasteiger partial charge in [-0.1, -0.05) is 40.0 Å². The zero-order valence-electron chi connectivity index (χ0n) is 15.6. The first kappa shape index (κ1) is 28.1. The van der Waals surface area contributed by atoms with Gasteiger partial charge in [-0.3, -0.25) is 9.13 Å². The fraction of sp³-hybridized carbons (Fsp3) is 1.00. The van der Waals surface area contributed by atoms with Gasteiger partial charge in [0, 0.05) is 0 Å². The Bertz CT molecular complexity index is 349. The third-order valence-electron chi connectivity index (χ3n) is 3.57. The Hall–Kier alpha value is 0.840. The van der Waals surface area contributed by atoms with Crippen LogP contribution < -0.4 is 0 Å². The fourth-order valence-corrected chi connectivity index (χ4v) is 3.54. The van der Waals surface area contributed by atoms with Crippen molar-refractivity contribution in [3.63, 3.8) is 0 Å². The van der Waals surface area contributed by atoms with Crippen molar-refractivity contribution < 1.29 is 32.4 Å². The van der Waals surface area contributed by atoms with E-state index in [-0.39, 0.29) is 0 Å². The fourth-order valence-electron chi connectivity index (χ4n) is 2.18. The predicted octanol–water partition coefficient (Wildman–Crippen LogP) is 4.71. The first-order chi connectivity index (χ1) is 11.5. The predicted molar refractivity (Wildman–Crippen MR) is 105 cm³/mol. The second kappa shape index (κ2) is 15.9. The molecule has 25 heavy (non-hydrogen) atoms. The minimum atomic E-state index is -3.41. The number of quaternary nitrogens is 1. The molecule has 0 aromatic heterocycles. The third kappa shape index (κ3) is 19.4. The standard InChI is InChI=1S/C13H30N.CH4Cl2O6P2/c1-5-8-11-14(4,12-9-6-2)13-10-7-3;2-1(3,8-10(4)5)9-11(6)7/h5-13H2,1-4H3;10-11H,(H,4,5)(H,6,7)/q+1;. The highest BCUT2D eigenvalue weighted by molar-refractivity contribution is 7.33. The summed E-state index contributed by atoms with van der Waals surface area (Å²) in [6, 6.07) is 0. The zero-order valence-corrected chi connectivity index (χ0v) is 19.1. The minimum absolute atomic E-state index is 1.32. The lowest BCUT2D eigenvalue weighted by Crippen LogP contribution is -2.46. The van der Waals surface area contributed by atoms with E-state index in [9.17, 15) is 9.13 Å². The van der Waals surface area contributed by atoms with Crippen molar-refractivity contribution in [1.29, 1.82) is 0 Å². The van der Waals surface area contributed by atoms with Gasteiger partial charge in [-0.05, 0) is 42.5 Å². The molecule has 0 saturated heterocycles. The SMILES string of the molecule is CCCC[N+](C)(CCCC)CCCC.O=[PH](O)OC(Cl)(Cl)O[PH](=O)O. The number of rotatable bonds is 13. The van der Waals surface area contributed by atoms with Crippen LogP contribution in [0, 0.1) is 0 Å². The third-order valence-corrected chi connectivity index (χ3v) is 5.32. The molecule has 2 atom stereocenters. The molecule has 0 aliphatic rings. The number of halogens is 2. The molecule has 0 spiro atoms. The molecule has 0 bridgehead atoms. The maximum absolute atomic E-state index is 9.94. The highest BCUT2D eigenvalue weighted by Crippen LogP contribution is 2.40. The van der Waals surface area contributed by atoms with E-state index in [0.717, 1.165) is 0 Å². The highest BCUT2D eigenvalue weighted by Gasteiger charge is 2.30. The van der Waals surface area contributed by atoms with Crippen LogP contribution in [0.2, 0.25) is 0 Å². The Morgan fingerprint density at radius 2 is 1.12 bits per heavy atom. The van der Waals surface area contributed by atoms with E-state index in [1.807, 2.05) is 0 Å². The van der Waals surface area contributed by atoms with Crippen molar-refractivity contribution in [2.75, 3.05) is 26.7 Å². The van der Waals surface area contributed by atoms with Crippen LogP contribution >= 0.6 is 39.7 Å². The summed E-state index contributed by atoms with van der Waals surface area (Å²) in [5.74, 6) is 0. The molecule has 0 aromatic rings. The smallest absolute Gasteiger partial charge is 0.326 e. The summed E-state index contributed by atoms with van der Waals surface area (Å²) in [6.07, 6.45) is 8.20. The molecule has 7 nitrogen and oxygen atoms in total. The zero-order chi connectivity index (χ0) is 19.9. The summed E-state index contributed by atoms with van der Waals surface area (Å²) < 4.78 is 26.3. The van der Waals surface area contributed by atoms with Crippen molar-refractivity contribution in [2.45, 2.75) is 64.0 Å². The largest absolute Gasteiger partial charge is 0.345 e. The molecule has 0 rings (SSSR count). The Morgan fingerprint density at radius 1 is 0.840 bits per heavy atom. The number of unbranched alkanes of at least 4 members (excludes halogenated alkanes) is 3. The lowest BCUT2D eigenvalue weighted by Gasteiger charge is -2.34. The molecule has 0 fully saturated rings. The van der Waals surface area contributed by atoms with Crippen molar-refractivity contribution in [3.05, 3.63) is 0 Å². The van der Waals surface area contributed by atoms with E-state index in [4.69, 9.17) is 33.0 Å². The molecular weight excluding hydrogens is 411 g/mol. The summed E-state index contributed by atoms with van der Waals surface area (Å²) in [5, 5.41) is 0. The van der Waals surface area contributed by atoms with Gasteiger partial charge >= 0.3 is 21.2 Å². The maximum atomic E-state index is 9.94. The molecule has 0 aliphatic heterocycles. The molecule has 2 unspecified atom stereocenters. The van der Waals surface area contributed by atoms with Gasteiger partial charge in [-0.2, -0.15) is 0 Å². The second-order valence-electron chi connectivity index (χ2n) is 6.05. The quantitative estimate of drug-likeness (QED) is 0.185. The van der Waals surface area contributed by atoms with Crippen LogP contribution in [0.5, 0.6) is 0 Å². The summed E-state index contributed by atoms with van der Waals surface area (Å²) in [6.45, 7) is 11.0. The van der Waals surface area contributed by atoms with Gasteiger partial charge in [0.15, 0.2) is 0 Å². The summed E-state index contributed by atoms with van der Waals surface area (Å²) in [5.41, 5.74) is 0. The summed E-state index contributed by atoms with van der Waals surface area (Å²) >= 11 is 9.96. The molecule has 0 radical (unpaired) electrons. The van der Waals surface area contributed by atoms with Crippen molar-refractivity contribution in [2.24, 2.45) is 0 Å². The van der Waals surface area contributed by atoms with Gasteiger partial charge in [-0.25, -0.2) is 9.05 Å². The minimum Gasteiger partial charge on any atom is -0.326 e. The monoisotopic (exact) mass is 444 g/mol. The normalized spacial score (nSPS) is 14.6. The Balaban J connectivity index is 0. The van der Waals surface area contributed by atoms with Crippen LogP contribution in [-0.4, -0.2) is 45.7 Å². The van der Waals surface area contributed by atoms with E-state index >= 15 is 0 Å². The average molecular weight is 445 g/mol. The number of nitrogens with zero attached hydrogens (tertiary/aromatic N) is 1. The van der Waals surface area contributed by atoms with Crippen molar-refractivity contribution in [3.8, 4) is 0 Å². The van der Waals surface area contributed by atoms with Gasteiger partial charge in [-0.15, -0.1) is 0 Å². The molecule has 2 N–H and O–H groups in total. The number of alkyl halides is 2. The molecule has 0 aliphatic carbocycles.